The average molecular weight is 323 g/mol. The molecule has 0 radical (unpaired) electrons. The molecule has 3 aromatic rings. The van der Waals surface area contributed by atoms with Gasteiger partial charge in [0.05, 0.1) is 5.92 Å². The van der Waals surface area contributed by atoms with Crippen LogP contribution in [0.3, 0.4) is 0 Å². The predicted molar refractivity (Wildman–Crippen MR) is 92.2 cm³/mol. The molecule has 23 heavy (non-hydrogen) atoms. The maximum atomic E-state index is 13.1. The second-order valence-corrected chi connectivity index (χ2v) is 5.71. The van der Waals surface area contributed by atoms with E-state index in [1.807, 2.05) is 36.4 Å². The highest BCUT2D eigenvalue weighted by Gasteiger charge is 2.26. The highest BCUT2D eigenvalue weighted by molar-refractivity contribution is 6.30. The zero-order valence-corrected chi connectivity index (χ0v) is 13.1. The fourth-order valence-corrected chi connectivity index (χ4v) is 2.76. The highest BCUT2D eigenvalue weighted by atomic mass is 35.5. The van der Waals surface area contributed by atoms with Crippen LogP contribution in [0.2, 0.25) is 5.02 Å². The Bertz CT molecular complexity index is 811. The van der Waals surface area contributed by atoms with Gasteiger partial charge in [0.25, 0.3) is 0 Å². The van der Waals surface area contributed by atoms with E-state index < -0.39 is 5.92 Å². The molecule has 0 spiro atoms. The van der Waals surface area contributed by atoms with Crippen molar-refractivity contribution in [2.24, 2.45) is 0 Å². The fraction of sp³-hybridized carbons (Fsp3) is 0.0500. The van der Waals surface area contributed by atoms with Crippen molar-refractivity contribution >= 4 is 17.4 Å². The van der Waals surface area contributed by atoms with Crippen molar-refractivity contribution < 1.29 is 9.90 Å². The largest absolute Gasteiger partial charge is 0.508 e. The number of rotatable bonds is 4. The lowest BCUT2D eigenvalue weighted by Gasteiger charge is -2.18. The van der Waals surface area contributed by atoms with Crippen LogP contribution in [0.15, 0.2) is 78.9 Å². The molecule has 3 rings (SSSR count). The second kappa shape index (κ2) is 6.67. The van der Waals surface area contributed by atoms with Gasteiger partial charge in [0.2, 0.25) is 0 Å². The first kappa shape index (κ1) is 15.3. The molecule has 0 aromatic heterocycles. The molecule has 0 fully saturated rings. The van der Waals surface area contributed by atoms with Gasteiger partial charge in [-0.2, -0.15) is 0 Å². The molecule has 0 aliphatic rings. The third-order valence-electron chi connectivity index (χ3n) is 3.77. The van der Waals surface area contributed by atoms with Crippen LogP contribution in [-0.4, -0.2) is 10.9 Å². The van der Waals surface area contributed by atoms with Crippen molar-refractivity contribution in [1.29, 1.82) is 0 Å². The van der Waals surface area contributed by atoms with E-state index in [9.17, 15) is 9.90 Å². The van der Waals surface area contributed by atoms with Crippen LogP contribution in [0.1, 0.15) is 27.4 Å². The lowest BCUT2D eigenvalue weighted by molar-refractivity contribution is 0.0972. The number of halogens is 1. The summed E-state index contributed by atoms with van der Waals surface area (Å²) in [6.07, 6.45) is 0. The molecular weight excluding hydrogens is 308 g/mol. The van der Waals surface area contributed by atoms with Gasteiger partial charge in [0.1, 0.15) is 5.75 Å². The summed E-state index contributed by atoms with van der Waals surface area (Å²) in [5.74, 6) is -0.517. The van der Waals surface area contributed by atoms with Crippen LogP contribution < -0.4 is 0 Å². The van der Waals surface area contributed by atoms with Crippen LogP contribution >= 0.6 is 11.6 Å². The minimum atomic E-state index is -0.557. The number of ketones is 1. The Kier molecular flexibility index (Phi) is 4.45. The number of phenols is 1. The monoisotopic (exact) mass is 322 g/mol. The molecule has 2 nitrogen and oxygen atoms in total. The van der Waals surface area contributed by atoms with Crippen LogP contribution in [0.4, 0.5) is 0 Å². The SMILES string of the molecule is O=C(c1ccc(Cl)cc1)C(c1ccccc1)c1ccccc1O. The summed E-state index contributed by atoms with van der Waals surface area (Å²) in [4.78, 5) is 13.1. The molecule has 3 aromatic carbocycles. The smallest absolute Gasteiger partial charge is 0.174 e. The van der Waals surface area contributed by atoms with E-state index in [1.165, 1.54) is 0 Å². The first-order chi connectivity index (χ1) is 11.2. The second-order valence-electron chi connectivity index (χ2n) is 5.27. The number of hydrogen-bond donors (Lipinski definition) is 1. The van der Waals surface area contributed by atoms with E-state index in [2.05, 4.69) is 0 Å². The van der Waals surface area contributed by atoms with E-state index in [0.717, 1.165) is 5.56 Å². The molecule has 0 saturated carbocycles. The van der Waals surface area contributed by atoms with E-state index in [1.54, 1.807) is 42.5 Å². The molecule has 1 atom stereocenters. The van der Waals surface area contributed by atoms with E-state index in [0.29, 0.717) is 16.1 Å². The Morgan fingerprint density at radius 1 is 0.826 bits per heavy atom. The quantitative estimate of drug-likeness (QED) is 0.682. The number of hydrogen-bond acceptors (Lipinski definition) is 2. The van der Waals surface area contributed by atoms with Crippen molar-refractivity contribution in [2.45, 2.75) is 5.92 Å². The molecule has 0 amide bonds. The minimum Gasteiger partial charge on any atom is -0.508 e. The molecule has 114 valence electrons. The fourth-order valence-electron chi connectivity index (χ4n) is 2.63. The normalized spacial score (nSPS) is 11.9. The first-order valence-corrected chi connectivity index (χ1v) is 7.67. The molecule has 0 aliphatic carbocycles. The third kappa shape index (κ3) is 3.27. The van der Waals surface area contributed by atoms with Crippen molar-refractivity contribution in [3.63, 3.8) is 0 Å². The Hall–Kier alpha value is -2.58. The number of benzene rings is 3. The van der Waals surface area contributed by atoms with Crippen molar-refractivity contribution in [2.75, 3.05) is 0 Å². The van der Waals surface area contributed by atoms with Gasteiger partial charge in [-0.3, -0.25) is 4.79 Å². The Labute approximate surface area is 140 Å². The lowest BCUT2D eigenvalue weighted by atomic mass is 9.84. The molecule has 1 unspecified atom stereocenters. The number of Topliss-reactive ketones (excluding diaryl/α,β-unsaturated/α-hetero) is 1. The molecule has 0 saturated heterocycles. The summed E-state index contributed by atoms with van der Waals surface area (Å²) < 4.78 is 0. The zero-order chi connectivity index (χ0) is 16.2. The van der Waals surface area contributed by atoms with Crippen molar-refractivity contribution in [3.8, 4) is 5.75 Å². The van der Waals surface area contributed by atoms with Gasteiger partial charge in [-0.25, -0.2) is 0 Å². The number of carbonyl (C=O) groups excluding carboxylic acids is 1. The van der Waals surface area contributed by atoms with Crippen molar-refractivity contribution in [3.05, 3.63) is 101 Å². The van der Waals surface area contributed by atoms with Crippen LogP contribution in [0.25, 0.3) is 0 Å². The van der Waals surface area contributed by atoms with Gasteiger partial charge >= 0.3 is 0 Å². The number of aromatic hydroxyl groups is 1. The predicted octanol–water partition coefficient (Wildman–Crippen LogP) is 5.06. The van der Waals surface area contributed by atoms with Gasteiger partial charge in [0.15, 0.2) is 5.78 Å². The summed E-state index contributed by atoms with van der Waals surface area (Å²) >= 11 is 5.90. The maximum Gasteiger partial charge on any atom is 0.174 e. The Balaban J connectivity index is 2.11. The summed E-state index contributed by atoms with van der Waals surface area (Å²) in [5, 5.41) is 10.8. The molecule has 3 heteroatoms. The minimum absolute atomic E-state index is 0.0747. The highest BCUT2D eigenvalue weighted by Crippen LogP contribution is 2.34. The van der Waals surface area contributed by atoms with Crippen molar-refractivity contribution in [1.82, 2.24) is 0 Å². The number of phenolic OH excluding ortho intramolecular Hbond substituents is 1. The number of para-hydroxylation sites is 1. The summed E-state index contributed by atoms with van der Waals surface area (Å²) in [7, 11) is 0. The molecule has 1 N–H and O–H groups in total. The summed E-state index contributed by atoms with van der Waals surface area (Å²) in [6.45, 7) is 0. The van der Waals surface area contributed by atoms with Gasteiger partial charge in [-0.15, -0.1) is 0 Å². The van der Waals surface area contributed by atoms with Gasteiger partial charge in [-0.05, 0) is 35.9 Å². The van der Waals surface area contributed by atoms with E-state index >= 15 is 0 Å². The number of carbonyl (C=O) groups is 1. The molecule has 0 heterocycles. The van der Waals surface area contributed by atoms with Gasteiger partial charge in [-0.1, -0.05) is 60.1 Å². The van der Waals surface area contributed by atoms with Gasteiger partial charge in [0, 0.05) is 16.1 Å². The summed E-state index contributed by atoms with van der Waals surface area (Å²) in [6, 6.07) is 23.2. The van der Waals surface area contributed by atoms with E-state index in [4.69, 9.17) is 11.6 Å². The standard InChI is InChI=1S/C20H15ClO2/c21-16-12-10-15(11-13-16)20(23)19(14-6-2-1-3-7-14)17-8-4-5-9-18(17)22/h1-13,19,22H. The summed E-state index contributed by atoms with van der Waals surface area (Å²) in [5.41, 5.74) is 2.00. The average Bonchev–Trinajstić information content (AvgIpc) is 2.58. The Morgan fingerprint density at radius 2 is 1.43 bits per heavy atom. The van der Waals surface area contributed by atoms with Crippen LogP contribution in [-0.2, 0) is 0 Å². The molecular formula is C20H15ClO2. The van der Waals surface area contributed by atoms with Crippen LogP contribution in [0, 0.1) is 0 Å². The zero-order valence-electron chi connectivity index (χ0n) is 12.3. The maximum absolute atomic E-state index is 13.1. The third-order valence-corrected chi connectivity index (χ3v) is 4.02. The Morgan fingerprint density at radius 3 is 2.09 bits per heavy atom. The lowest BCUT2D eigenvalue weighted by Crippen LogP contribution is -2.14. The topological polar surface area (TPSA) is 37.3 Å². The van der Waals surface area contributed by atoms with Crippen LogP contribution in [0.5, 0.6) is 5.75 Å². The molecule has 0 bridgehead atoms. The van der Waals surface area contributed by atoms with Gasteiger partial charge < -0.3 is 5.11 Å². The van der Waals surface area contributed by atoms with E-state index in [-0.39, 0.29) is 11.5 Å². The first-order valence-electron chi connectivity index (χ1n) is 7.29. The molecule has 0 aliphatic heterocycles.